The molecular formula is C15H24N2O2. The molecule has 2 aliphatic carbocycles. The first-order valence-electron chi connectivity index (χ1n) is 7.70. The fourth-order valence-corrected chi connectivity index (χ4v) is 3.72. The molecule has 0 aromatic rings. The zero-order chi connectivity index (χ0) is 13.5. The lowest BCUT2D eigenvalue weighted by atomic mass is 9.87. The van der Waals surface area contributed by atoms with Gasteiger partial charge in [-0.05, 0) is 44.4 Å². The first-order chi connectivity index (χ1) is 9.09. The molecule has 2 saturated carbocycles. The van der Waals surface area contributed by atoms with Crippen molar-refractivity contribution in [1.82, 2.24) is 10.2 Å². The smallest absolute Gasteiger partial charge is 0.248 e. The number of nitrogens with one attached hydrogen (secondary N) is 1. The van der Waals surface area contributed by atoms with E-state index in [2.05, 4.69) is 5.32 Å². The maximum absolute atomic E-state index is 12.7. The zero-order valence-electron chi connectivity index (χ0n) is 11.8. The van der Waals surface area contributed by atoms with Crippen molar-refractivity contribution in [3.63, 3.8) is 0 Å². The Balaban J connectivity index is 1.69. The lowest BCUT2D eigenvalue weighted by Gasteiger charge is -2.41. The fourth-order valence-electron chi connectivity index (χ4n) is 3.72. The van der Waals surface area contributed by atoms with Gasteiger partial charge >= 0.3 is 0 Å². The summed E-state index contributed by atoms with van der Waals surface area (Å²) in [5, 5.41) is 2.94. The molecule has 3 aliphatic rings. The second-order valence-corrected chi connectivity index (χ2v) is 6.71. The highest BCUT2D eigenvalue weighted by molar-refractivity contribution is 5.98. The van der Waals surface area contributed by atoms with Gasteiger partial charge in [0.25, 0.3) is 0 Å². The average molecular weight is 264 g/mol. The molecule has 0 radical (unpaired) electrons. The molecule has 4 heteroatoms. The van der Waals surface area contributed by atoms with Crippen LogP contribution in [-0.2, 0) is 9.59 Å². The van der Waals surface area contributed by atoms with Crippen molar-refractivity contribution in [1.29, 1.82) is 0 Å². The molecule has 19 heavy (non-hydrogen) atoms. The molecule has 1 N–H and O–H groups in total. The maximum atomic E-state index is 12.7. The third-order valence-electron chi connectivity index (χ3n) is 5.06. The van der Waals surface area contributed by atoms with E-state index >= 15 is 0 Å². The van der Waals surface area contributed by atoms with Crippen LogP contribution in [-0.4, -0.2) is 35.3 Å². The molecule has 2 amide bonds. The van der Waals surface area contributed by atoms with Crippen LogP contribution >= 0.6 is 0 Å². The number of carbonyl (C=O) groups excluding carboxylic acids is 2. The molecule has 3 rings (SSSR count). The summed E-state index contributed by atoms with van der Waals surface area (Å²) in [6.07, 6.45) is 8.44. The molecule has 1 unspecified atom stereocenters. The third kappa shape index (κ3) is 2.49. The summed E-state index contributed by atoms with van der Waals surface area (Å²) in [6.45, 7) is 2.96. The molecule has 1 atom stereocenters. The van der Waals surface area contributed by atoms with Crippen molar-refractivity contribution < 1.29 is 9.59 Å². The van der Waals surface area contributed by atoms with Gasteiger partial charge in [-0.25, -0.2) is 0 Å². The van der Waals surface area contributed by atoms with Gasteiger partial charge in [0.1, 0.15) is 5.54 Å². The van der Waals surface area contributed by atoms with E-state index < -0.39 is 5.54 Å². The minimum Gasteiger partial charge on any atom is -0.340 e. The van der Waals surface area contributed by atoms with Crippen molar-refractivity contribution in [2.45, 2.75) is 57.4 Å². The van der Waals surface area contributed by atoms with Crippen LogP contribution in [0.15, 0.2) is 0 Å². The predicted octanol–water partition coefficient (Wildman–Crippen LogP) is 1.69. The minimum absolute atomic E-state index is 0.0183. The van der Waals surface area contributed by atoms with E-state index in [0.29, 0.717) is 11.8 Å². The van der Waals surface area contributed by atoms with Crippen LogP contribution in [0.5, 0.6) is 0 Å². The molecular weight excluding hydrogens is 240 g/mol. The number of hydrogen-bond acceptors (Lipinski definition) is 2. The normalized spacial score (nSPS) is 33.4. The van der Waals surface area contributed by atoms with Crippen LogP contribution in [0.3, 0.4) is 0 Å². The topological polar surface area (TPSA) is 49.4 Å². The molecule has 0 bridgehead atoms. The Morgan fingerprint density at radius 1 is 1.16 bits per heavy atom. The van der Waals surface area contributed by atoms with Gasteiger partial charge < -0.3 is 10.2 Å². The van der Waals surface area contributed by atoms with Crippen LogP contribution in [0, 0.1) is 11.8 Å². The molecule has 1 saturated heterocycles. The molecule has 4 nitrogen and oxygen atoms in total. The predicted molar refractivity (Wildman–Crippen MR) is 72.4 cm³/mol. The summed E-state index contributed by atoms with van der Waals surface area (Å²) in [7, 11) is 0. The molecule has 1 heterocycles. The van der Waals surface area contributed by atoms with E-state index in [1.807, 2.05) is 11.8 Å². The lowest BCUT2D eigenvalue weighted by molar-refractivity contribution is -0.151. The second kappa shape index (κ2) is 4.80. The Morgan fingerprint density at radius 3 is 2.47 bits per heavy atom. The van der Waals surface area contributed by atoms with Crippen LogP contribution in [0.2, 0.25) is 0 Å². The maximum Gasteiger partial charge on any atom is 0.248 e. The Bertz CT molecular complexity index is 386. The van der Waals surface area contributed by atoms with Gasteiger partial charge in [0.15, 0.2) is 0 Å². The van der Waals surface area contributed by atoms with Gasteiger partial charge in [-0.1, -0.05) is 19.3 Å². The van der Waals surface area contributed by atoms with Gasteiger partial charge in [-0.15, -0.1) is 0 Å². The lowest BCUT2D eigenvalue weighted by Crippen LogP contribution is -2.66. The van der Waals surface area contributed by atoms with Gasteiger partial charge in [0.2, 0.25) is 11.8 Å². The van der Waals surface area contributed by atoms with E-state index in [-0.39, 0.29) is 18.4 Å². The Hall–Kier alpha value is -1.06. The van der Waals surface area contributed by atoms with Crippen LogP contribution < -0.4 is 5.32 Å². The van der Waals surface area contributed by atoms with Crippen LogP contribution in [0.1, 0.15) is 51.9 Å². The number of rotatable bonds is 3. The van der Waals surface area contributed by atoms with Gasteiger partial charge in [0.05, 0.1) is 6.54 Å². The molecule has 0 aromatic heterocycles. The number of hydrogen-bond donors (Lipinski definition) is 1. The van der Waals surface area contributed by atoms with Crippen molar-refractivity contribution >= 4 is 11.8 Å². The summed E-state index contributed by atoms with van der Waals surface area (Å²) >= 11 is 0. The number of carbonyl (C=O) groups is 2. The van der Waals surface area contributed by atoms with Crippen molar-refractivity contribution in [3.05, 3.63) is 0 Å². The summed E-state index contributed by atoms with van der Waals surface area (Å²) in [6, 6.07) is 0. The SMILES string of the molecule is CC1(C2CC2)NC(=O)CN(CC2CCCCC2)C1=O. The zero-order valence-corrected chi connectivity index (χ0v) is 11.8. The van der Waals surface area contributed by atoms with Gasteiger partial charge in [0, 0.05) is 6.54 Å². The Morgan fingerprint density at radius 2 is 1.84 bits per heavy atom. The van der Waals surface area contributed by atoms with E-state index in [1.165, 1.54) is 32.1 Å². The quantitative estimate of drug-likeness (QED) is 0.843. The number of piperazine rings is 1. The van der Waals surface area contributed by atoms with E-state index in [4.69, 9.17) is 0 Å². The Kier molecular flexibility index (Phi) is 3.27. The summed E-state index contributed by atoms with van der Waals surface area (Å²) in [4.78, 5) is 26.4. The summed E-state index contributed by atoms with van der Waals surface area (Å²) in [5.41, 5.74) is -0.621. The molecule has 0 spiro atoms. The largest absolute Gasteiger partial charge is 0.340 e. The second-order valence-electron chi connectivity index (χ2n) is 6.71. The minimum atomic E-state index is -0.621. The van der Waals surface area contributed by atoms with Crippen molar-refractivity contribution in [2.24, 2.45) is 11.8 Å². The average Bonchev–Trinajstić information content (AvgIpc) is 3.21. The van der Waals surface area contributed by atoms with Crippen molar-refractivity contribution in [2.75, 3.05) is 13.1 Å². The van der Waals surface area contributed by atoms with E-state index in [1.54, 1.807) is 0 Å². The molecule has 1 aliphatic heterocycles. The first kappa shape index (κ1) is 12.9. The van der Waals surface area contributed by atoms with Crippen LogP contribution in [0.25, 0.3) is 0 Å². The highest BCUT2D eigenvalue weighted by atomic mass is 16.2. The summed E-state index contributed by atoms with van der Waals surface area (Å²) < 4.78 is 0. The monoisotopic (exact) mass is 264 g/mol. The highest BCUT2D eigenvalue weighted by Gasteiger charge is 2.52. The van der Waals surface area contributed by atoms with Gasteiger partial charge in [-0.2, -0.15) is 0 Å². The molecule has 3 fully saturated rings. The van der Waals surface area contributed by atoms with Crippen LogP contribution in [0.4, 0.5) is 0 Å². The standard InChI is InChI=1S/C15H24N2O2/c1-15(12-7-8-12)14(19)17(10-13(18)16-15)9-11-5-3-2-4-6-11/h11-12H,2-10H2,1H3,(H,16,18). The fraction of sp³-hybridized carbons (Fsp3) is 0.867. The Labute approximate surface area is 114 Å². The van der Waals surface area contributed by atoms with Gasteiger partial charge in [-0.3, -0.25) is 9.59 Å². The first-order valence-corrected chi connectivity index (χ1v) is 7.70. The number of amides is 2. The summed E-state index contributed by atoms with van der Waals surface area (Å²) in [5.74, 6) is 1.13. The molecule has 0 aromatic carbocycles. The number of nitrogens with zero attached hydrogens (tertiary/aromatic N) is 1. The highest BCUT2D eigenvalue weighted by Crippen LogP contribution is 2.41. The third-order valence-corrected chi connectivity index (χ3v) is 5.06. The van der Waals surface area contributed by atoms with E-state index in [0.717, 1.165) is 19.4 Å². The molecule has 106 valence electrons. The van der Waals surface area contributed by atoms with Crippen molar-refractivity contribution in [3.8, 4) is 0 Å². The van der Waals surface area contributed by atoms with E-state index in [9.17, 15) is 9.59 Å².